The Morgan fingerprint density at radius 3 is 2.62 bits per heavy atom. The van der Waals surface area contributed by atoms with E-state index in [0.29, 0.717) is 0 Å². The fraction of sp³-hybridized carbons (Fsp3) is 0.600. The molecule has 1 rings (SSSR count). The Kier molecular flexibility index (Phi) is 3.11. The smallest absolute Gasteiger partial charge is 0.0500 e. The molecule has 74 valence electrons. The van der Waals surface area contributed by atoms with E-state index in [2.05, 4.69) is 13.0 Å². The first-order valence-electron chi connectivity index (χ1n) is 4.39. The monoisotopic (exact) mass is 199 g/mol. The molecule has 1 aromatic heterocycles. The van der Waals surface area contributed by atoms with Gasteiger partial charge in [-0.3, -0.25) is 0 Å². The molecule has 0 aromatic carbocycles. The Hall–Kier alpha value is -0.380. The third kappa shape index (κ3) is 2.10. The molecule has 0 saturated heterocycles. The van der Waals surface area contributed by atoms with Gasteiger partial charge in [0.05, 0.1) is 6.61 Å². The van der Waals surface area contributed by atoms with Crippen LogP contribution in [0.2, 0.25) is 0 Å². The van der Waals surface area contributed by atoms with Crippen LogP contribution in [-0.2, 0) is 0 Å². The van der Waals surface area contributed by atoms with Gasteiger partial charge in [-0.05, 0) is 23.9 Å². The van der Waals surface area contributed by atoms with Gasteiger partial charge in [0.25, 0.3) is 0 Å². The van der Waals surface area contributed by atoms with E-state index in [-0.39, 0.29) is 18.1 Å². The zero-order chi connectivity index (χ0) is 10.1. The molecule has 0 bridgehead atoms. The van der Waals surface area contributed by atoms with Crippen LogP contribution in [0.4, 0.5) is 0 Å². The van der Waals surface area contributed by atoms with Crippen LogP contribution < -0.4 is 5.73 Å². The van der Waals surface area contributed by atoms with Crippen LogP contribution in [0, 0.1) is 12.3 Å². The van der Waals surface area contributed by atoms with Crippen LogP contribution in [0.1, 0.15) is 30.3 Å². The number of hydrogen-bond acceptors (Lipinski definition) is 3. The number of thiophene rings is 1. The lowest BCUT2D eigenvalue weighted by Gasteiger charge is -2.29. The van der Waals surface area contributed by atoms with Crippen molar-refractivity contribution in [2.24, 2.45) is 11.1 Å². The predicted molar refractivity (Wildman–Crippen MR) is 56.9 cm³/mol. The minimum atomic E-state index is -0.240. The Morgan fingerprint density at radius 2 is 2.23 bits per heavy atom. The fourth-order valence-electron chi connectivity index (χ4n) is 1.16. The molecule has 0 radical (unpaired) electrons. The molecule has 13 heavy (non-hydrogen) atoms. The molecule has 1 atom stereocenters. The first kappa shape index (κ1) is 10.7. The molecule has 0 spiro atoms. The van der Waals surface area contributed by atoms with Gasteiger partial charge in [-0.2, -0.15) is 0 Å². The molecule has 3 heteroatoms. The summed E-state index contributed by atoms with van der Waals surface area (Å²) in [6.07, 6.45) is 0. The summed E-state index contributed by atoms with van der Waals surface area (Å²) in [7, 11) is 0. The van der Waals surface area contributed by atoms with Crippen molar-refractivity contribution < 1.29 is 5.11 Å². The molecule has 0 aliphatic heterocycles. The van der Waals surface area contributed by atoms with E-state index < -0.39 is 0 Å². The summed E-state index contributed by atoms with van der Waals surface area (Å²) in [6, 6.07) is 1.99. The van der Waals surface area contributed by atoms with Crippen LogP contribution in [0.15, 0.2) is 11.4 Å². The van der Waals surface area contributed by atoms with Gasteiger partial charge in [-0.1, -0.05) is 13.8 Å². The minimum absolute atomic E-state index is 0.0718. The number of aliphatic hydroxyl groups is 1. The molecular weight excluding hydrogens is 182 g/mol. The normalized spacial score (nSPS) is 14.5. The van der Waals surface area contributed by atoms with Crippen molar-refractivity contribution in [2.45, 2.75) is 26.8 Å². The van der Waals surface area contributed by atoms with Crippen molar-refractivity contribution >= 4 is 11.3 Å². The molecule has 2 nitrogen and oxygen atoms in total. The van der Waals surface area contributed by atoms with Crippen molar-refractivity contribution in [1.29, 1.82) is 0 Å². The second-order valence-electron chi connectivity index (χ2n) is 4.09. The lowest BCUT2D eigenvalue weighted by Crippen LogP contribution is -2.32. The Balaban J connectivity index is 2.91. The van der Waals surface area contributed by atoms with Crippen LogP contribution in [0.5, 0.6) is 0 Å². The zero-order valence-corrected chi connectivity index (χ0v) is 9.19. The van der Waals surface area contributed by atoms with Gasteiger partial charge < -0.3 is 10.8 Å². The Bertz CT molecular complexity index is 280. The van der Waals surface area contributed by atoms with Crippen molar-refractivity contribution in [1.82, 2.24) is 0 Å². The van der Waals surface area contributed by atoms with E-state index >= 15 is 0 Å². The average molecular weight is 199 g/mol. The summed E-state index contributed by atoms with van der Waals surface area (Å²) >= 11 is 1.66. The first-order chi connectivity index (χ1) is 5.99. The first-order valence-corrected chi connectivity index (χ1v) is 5.27. The highest BCUT2D eigenvalue weighted by atomic mass is 32.1. The van der Waals surface area contributed by atoms with Crippen LogP contribution in [0.25, 0.3) is 0 Å². The number of aliphatic hydroxyl groups excluding tert-OH is 1. The lowest BCUT2D eigenvalue weighted by atomic mass is 9.84. The second kappa shape index (κ2) is 3.78. The van der Waals surface area contributed by atoms with Crippen molar-refractivity contribution in [3.8, 4) is 0 Å². The van der Waals surface area contributed by atoms with Gasteiger partial charge in [0.2, 0.25) is 0 Å². The van der Waals surface area contributed by atoms with E-state index in [0.717, 1.165) is 0 Å². The van der Waals surface area contributed by atoms with Crippen LogP contribution in [0.3, 0.4) is 0 Å². The highest BCUT2D eigenvalue weighted by Gasteiger charge is 2.28. The second-order valence-corrected chi connectivity index (χ2v) is 5.04. The molecule has 1 heterocycles. The minimum Gasteiger partial charge on any atom is -0.396 e. The van der Waals surface area contributed by atoms with Crippen molar-refractivity contribution in [3.63, 3.8) is 0 Å². The maximum Gasteiger partial charge on any atom is 0.0500 e. The van der Waals surface area contributed by atoms with E-state index in [1.54, 1.807) is 11.3 Å². The summed E-state index contributed by atoms with van der Waals surface area (Å²) in [5, 5.41) is 11.2. The quantitative estimate of drug-likeness (QED) is 0.783. The summed E-state index contributed by atoms with van der Waals surface area (Å²) in [5.74, 6) is 0. The Labute approximate surface area is 83.4 Å². The Morgan fingerprint density at radius 1 is 1.62 bits per heavy atom. The third-order valence-corrected chi connectivity index (χ3v) is 3.54. The fourth-order valence-corrected chi connectivity index (χ4v) is 2.29. The number of nitrogens with two attached hydrogens (primary N) is 1. The van der Waals surface area contributed by atoms with Crippen LogP contribution in [-0.4, -0.2) is 11.7 Å². The van der Waals surface area contributed by atoms with Gasteiger partial charge in [0.15, 0.2) is 0 Å². The van der Waals surface area contributed by atoms with E-state index in [4.69, 9.17) is 5.73 Å². The standard InChI is InChI=1S/C10H17NOS/c1-7-4-5-13-8(7)9(11)10(2,3)6-12/h4-5,9,12H,6,11H2,1-3H3/t9-/m1/s1. The number of aryl methyl sites for hydroxylation is 1. The van der Waals surface area contributed by atoms with E-state index in [1.807, 2.05) is 19.2 Å². The zero-order valence-electron chi connectivity index (χ0n) is 8.37. The molecular formula is C10H17NOS. The number of rotatable bonds is 3. The third-order valence-electron chi connectivity index (χ3n) is 2.43. The molecule has 0 aliphatic carbocycles. The molecule has 0 unspecified atom stereocenters. The maximum absolute atomic E-state index is 9.18. The van der Waals surface area contributed by atoms with Gasteiger partial charge in [0, 0.05) is 16.3 Å². The largest absolute Gasteiger partial charge is 0.396 e. The molecule has 0 saturated carbocycles. The highest BCUT2D eigenvalue weighted by molar-refractivity contribution is 7.10. The summed E-state index contributed by atoms with van der Waals surface area (Å²) in [5.41, 5.74) is 7.06. The maximum atomic E-state index is 9.18. The average Bonchev–Trinajstić information content (AvgIpc) is 2.50. The molecule has 0 aliphatic rings. The predicted octanol–water partition coefficient (Wildman–Crippen LogP) is 2.07. The lowest BCUT2D eigenvalue weighted by molar-refractivity contribution is 0.133. The van der Waals surface area contributed by atoms with Gasteiger partial charge in [-0.15, -0.1) is 11.3 Å². The summed E-state index contributed by atoms with van der Waals surface area (Å²) in [6.45, 7) is 6.14. The molecule has 3 N–H and O–H groups in total. The van der Waals surface area contributed by atoms with Crippen molar-refractivity contribution in [3.05, 3.63) is 21.9 Å². The van der Waals surface area contributed by atoms with Gasteiger partial charge in [0.1, 0.15) is 0 Å². The topological polar surface area (TPSA) is 46.2 Å². The van der Waals surface area contributed by atoms with Crippen molar-refractivity contribution in [2.75, 3.05) is 6.61 Å². The van der Waals surface area contributed by atoms with Crippen LogP contribution >= 0.6 is 11.3 Å². The highest BCUT2D eigenvalue weighted by Crippen LogP contribution is 2.34. The summed E-state index contributed by atoms with van der Waals surface area (Å²) in [4.78, 5) is 1.18. The molecule has 1 aromatic rings. The summed E-state index contributed by atoms with van der Waals surface area (Å²) < 4.78 is 0. The van der Waals surface area contributed by atoms with E-state index in [1.165, 1.54) is 10.4 Å². The van der Waals surface area contributed by atoms with Gasteiger partial charge >= 0.3 is 0 Å². The molecule has 0 amide bonds. The SMILES string of the molecule is Cc1ccsc1[C@@H](N)C(C)(C)CO. The van der Waals surface area contributed by atoms with E-state index in [9.17, 15) is 5.11 Å². The van der Waals surface area contributed by atoms with Gasteiger partial charge in [-0.25, -0.2) is 0 Å². The number of hydrogen-bond donors (Lipinski definition) is 2. The molecule has 0 fully saturated rings.